The number of sulfone groups is 1. The van der Waals surface area contributed by atoms with E-state index in [1.807, 2.05) is 6.92 Å². The fourth-order valence-electron chi connectivity index (χ4n) is 5.85. The van der Waals surface area contributed by atoms with E-state index in [1.54, 1.807) is 41.9 Å². The monoisotopic (exact) mass is 527 g/mol. The van der Waals surface area contributed by atoms with Crippen LogP contribution in [0.2, 0.25) is 5.02 Å². The van der Waals surface area contributed by atoms with E-state index >= 15 is 0 Å². The lowest BCUT2D eigenvalue weighted by atomic mass is 9.81. The minimum Gasteiger partial charge on any atom is -0.477 e. The fourth-order valence-corrected chi connectivity index (χ4v) is 8.95. The van der Waals surface area contributed by atoms with Gasteiger partial charge in [0, 0.05) is 30.8 Å². The largest absolute Gasteiger partial charge is 0.477 e. The van der Waals surface area contributed by atoms with E-state index < -0.39 is 25.4 Å². The molecule has 2 aliphatic heterocycles. The van der Waals surface area contributed by atoms with Gasteiger partial charge in [0.1, 0.15) is 27.5 Å². The van der Waals surface area contributed by atoms with Crippen LogP contribution < -0.4 is 10.5 Å². The van der Waals surface area contributed by atoms with E-state index in [2.05, 4.69) is 9.97 Å². The standard InChI is InChI=1S/C25H26ClN5O4S/c1-14-21(29-20-5-4-16(26)13-31(14)20)18(32)11-15-10-17-22(28-12-15)35-9-6-19-24(17,2)30-23(27)25(7-3-8-25)36(19,33)34/h4-5,10,12-13,19H,3,6-9,11H2,1-2H3,(H2,27,30). The predicted molar refractivity (Wildman–Crippen MR) is 136 cm³/mol. The van der Waals surface area contributed by atoms with E-state index in [0.29, 0.717) is 58.3 Å². The van der Waals surface area contributed by atoms with Gasteiger partial charge in [-0.1, -0.05) is 11.6 Å². The molecule has 3 aliphatic rings. The van der Waals surface area contributed by atoms with Gasteiger partial charge in [-0.25, -0.2) is 18.4 Å². The second-order valence-electron chi connectivity index (χ2n) is 10.1. The number of aryl methyl sites for hydroxylation is 1. The number of ketones is 1. The zero-order chi connectivity index (χ0) is 25.5. The molecule has 11 heteroatoms. The number of carbonyl (C=O) groups is 1. The molecule has 2 atom stereocenters. The van der Waals surface area contributed by atoms with Crippen LogP contribution in [0.3, 0.4) is 0 Å². The second kappa shape index (κ2) is 7.76. The van der Waals surface area contributed by atoms with Crippen molar-refractivity contribution in [2.45, 2.75) is 61.5 Å². The summed E-state index contributed by atoms with van der Waals surface area (Å²) in [5.74, 6) is 0.310. The summed E-state index contributed by atoms with van der Waals surface area (Å²) in [6.45, 7) is 3.82. The van der Waals surface area contributed by atoms with Crippen LogP contribution in [0.1, 0.15) is 59.9 Å². The van der Waals surface area contributed by atoms with Gasteiger partial charge in [0.2, 0.25) is 5.88 Å². The number of nitrogens with two attached hydrogens (primary N) is 1. The molecule has 5 heterocycles. The first kappa shape index (κ1) is 23.4. The number of Topliss-reactive ketones (excluding diaryl/α,β-unsaturated/α-hetero) is 1. The molecular weight excluding hydrogens is 502 g/mol. The number of fused-ring (bicyclic) bond motifs is 4. The molecule has 3 aromatic rings. The van der Waals surface area contributed by atoms with Crippen molar-refractivity contribution in [3.05, 3.63) is 58.1 Å². The lowest BCUT2D eigenvalue weighted by Crippen LogP contribution is -2.65. The Hall–Kier alpha value is -2.98. The summed E-state index contributed by atoms with van der Waals surface area (Å²) >= 11 is 6.10. The zero-order valence-electron chi connectivity index (χ0n) is 20.0. The van der Waals surface area contributed by atoms with Gasteiger partial charge < -0.3 is 14.9 Å². The van der Waals surface area contributed by atoms with Gasteiger partial charge in [-0.05, 0) is 56.9 Å². The van der Waals surface area contributed by atoms with Gasteiger partial charge >= 0.3 is 0 Å². The van der Waals surface area contributed by atoms with Crippen LogP contribution in [0.15, 0.2) is 35.6 Å². The van der Waals surface area contributed by atoms with Crippen molar-refractivity contribution in [2.24, 2.45) is 10.7 Å². The van der Waals surface area contributed by atoms with Crippen molar-refractivity contribution in [2.75, 3.05) is 6.61 Å². The molecule has 0 saturated heterocycles. The highest BCUT2D eigenvalue weighted by Crippen LogP contribution is 2.53. The molecule has 1 saturated carbocycles. The fraction of sp³-hybridized carbons (Fsp3) is 0.440. The van der Waals surface area contributed by atoms with Crippen LogP contribution in [0.5, 0.6) is 5.88 Å². The second-order valence-corrected chi connectivity index (χ2v) is 13.0. The normalized spacial score (nSPS) is 25.8. The number of hydrogen-bond acceptors (Lipinski definition) is 8. The first-order chi connectivity index (χ1) is 17.1. The summed E-state index contributed by atoms with van der Waals surface area (Å²) in [5, 5.41) is -0.234. The highest BCUT2D eigenvalue weighted by atomic mass is 35.5. The summed E-state index contributed by atoms with van der Waals surface area (Å²) in [4.78, 5) is 27.0. The van der Waals surface area contributed by atoms with Gasteiger partial charge in [0.25, 0.3) is 0 Å². The van der Waals surface area contributed by atoms with Crippen LogP contribution in [-0.2, 0) is 21.8 Å². The molecule has 1 aliphatic carbocycles. The maximum Gasteiger partial charge on any atom is 0.219 e. The van der Waals surface area contributed by atoms with Crippen LogP contribution in [0.25, 0.3) is 5.65 Å². The molecule has 188 valence electrons. The van der Waals surface area contributed by atoms with Gasteiger partial charge in [-0.3, -0.25) is 9.79 Å². The Morgan fingerprint density at radius 2 is 2.11 bits per heavy atom. The van der Waals surface area contributed by atoms with E-state index in [9.17, 15) is 13.2 Å². The molecule has 36 heavy (non-hydrogen) atoms. The Morgan fingerprint density at radius 3 is 2.83 bits per heavy atom. The van der Waals surface area contributed by atoms with Crippen LogP contribution in [0, 0.1) is 6.92 Å². The highest BCUT2D eigenvalue weighted by molar-refractivity contribution is 7.94. The van der Waals surface area contributed by atoms with Crippen LogP contribution in [-0.4, -0.2) is 51.0 Å². The lowest BCUT2D eigenvalue weighted by Gasteiger charge is -2.50. The highest BCUT2D eigenvalue weighted by Gasteiger charge is 2.63. The number of imidazole rings is 1. The number of carbonyl (C=O) groups excluding carboxylic acids is 1. The molecule has 0 bridgehead atoms. The average molecular weight is 528 g/mol. The molecule has 3 aromatic heterocycles. The minimum atomic E-state index is -3.62. The predicted octanol–water partition coefficient (Wildman–Crippen LogP) is 3.19. The third-order valence-corrected chi connectivity index (χ3v) is 11.4. The number of rotatable bonds is 3. The molecule has 0 amide bonds. The quantitative estimate of drug-likeness (QED) is 0.518. The Morgan fingerprint density at radius 1 is 1.33 bits per heavy atom. The van der Waals surface area contributed by atoms with Crippen molar-refractivity contribution in [3.8, 4) is 5.88 Å². The first-order valence-electron chi connectivity index (χ1n) is 12.0. The van der Waals surface area contributed by atoms with Crippen molar-refractivity contribution < 1.29 is 17.9 Å². The molecule has 1 fully saturated rings. The van der Waals surface area contributed by atoms with Crippen molar-refractivity contribution in [3.63, 3.8) is 0 Å². The van der Waals surface area contributed by atoms with E-state index in [0.717, 1.165) is 6.42 Å². The molecule has 0 aromatic carbocycles. The van der Waals surface area contributed by atoms with Crippen LogP contribution in [0.4, 0.5) is 0 Å². The molecular formula is C25H26ClN5O4S. The summed E-state index contributed by atoms with van der Waals surface area (Å²) < 4.78 is 34.2. The number of hydrogen-bond donors (Lipinski definition) is 1. The summed E-state index contributed by atoms with van der Waals surface area (Å²) in [7, 11) is -3.62. The van der Waals surface area contributed by atoms with Gasteiger partial charge in [-0.2, -0.15) is 0 Å². The number of amidine groups is 1. The van der Waals surface area contributed by atoms with Crippen molar-refractivity contribution >= 4 is 38.7 Å². The third-order valence-electron chi connectivity index (χ3n) is 8.05. The number of halogens is 1. The summed E-state index contributed by atoms with van der Waals surface area (Å²) in [6.07, 6.45) is 5.46. The molecule has 9 nitrogen and oxygen atoms in total. The molecule has 0 radical (unpaired) electrons. The number of pyridine rings is 2. The molecule has 6 rings (SSSR count). The topological polar surface area (TPSA) is 129 Å². The Balaban J connectivity index is 1.40. The van der Waals surface area contributed by atoms with Gasteiger partial charge in [-0.15, -0.1) is 0 Å². The maximum atomic E-state index is 13.8. The minimum absolute atomic E-state index is 0.0371. The summed E-state index contributed by atoms with van der Waals surface area (Å²) in [6, 6.07) is 5.27. The zero-order valence-corrected chi connectivity index (χ0v) is 21.6. The average Bonchev–Trinajstić information content (AvgIpc) is 3.02. The number of aromatic nitrogens is 3. The first-order valence-corrected chi connectivity index (χ1v) is 13.9. The van der Waals surface area contributed by atoms with E-state index in [4.69, 9.17) is 27.1 Å². The third kappa shape index (κ3) is 3.10. The van der Waals surface area contributed by atoms with Gasteiger partial charge in [0.15, 0.2) is 15.6 Å². The van der Waals surface area contributed by atoms with E-state index in [1.165, 1.54) is 0 Å². The van der Waals surface area contributed by atoms with Crippen LogP contribution >= 0.6 is 11.6 Å². The Labute approximate surface area is 213 Å². The van der Waals surface area contributed by atoms with Crippen molar-refractivity contribution in [1.82, 2.24) is 14.4 Å². The number of aliphatic imine (C=N–C) groups is 1. The van der Waals surface area contributed by atoms with Crippen molar-refractivity contribution in [1.29, 1.82) is 0 Å². The summed E-state index contributed by atoms with van der Waals surface area (Å²) in [5.41, 5.74) is 8.02. The Kier molecular flexibility index (Phi) is 5.05. The number of nitrogens with zero attached hydrogens (tertiary/aromatic N) is 4. The Bertz CT molecular complexity index is 1580. The SMILES string of the molecule is Cc1c(C(=O)Cc2cnc3c(c2)C2(C)N=C(N)C4(CCC4)S(=O)(=O)C2CCO3)nc2ccc(Cl)cn12. The molecule has 2 unspecified atom stereocenters. The van der Waals surface area contributed by atoms with E-state index in [-0.39, 0.29) is 24.6 Å². The smallest absolute Gasteiger partial charge is 0.219 e. The van der Waals surface area contributed by atoms with Gasteiger partial charge in [0.05, 0.1) is 22.6 Å². The molecule has 1 spiro atoms. The molecule has 2 N–H and O–H groups in total. The lowest BCUT2D eigenvalue weighted by molar-refractivity contribution is 0.0988. The number of ether oxygens (including phenoxy) is 1. The maximum absolute atomic E-state index is 13.8.